The monoisotopic (exact) mass is 379 g/mol. The third-order valence-electron chi connectivity index (χ3n) is 5.26. The molecule has 144 valence electrons. The Balaban J connectivity index is 1.51. The van der Waals surface area contributed by atoms with Gasteiger partial charge in [-0.2, -0.15) is 4.31 Å². The van der Waals surface area contributed by atoms with Crippen LogP contribution in [0.4, 0.5) is 0 Å². The lowest BCUT2D eigenvalue weighted by Crippen LogP contribution is -2.46. The van der Waals surface area contributed by atoms with Gasteiger partial charge >= 0.3 is 0 Å². The molecule has 26 heavy (non-hydrogen) atoms. The molecule has 0 spiro atoms. The van der Waals surface area contributed by atoms with Gasteiger partial charge in [0.05, 0.1) is 4.90 Å². The highest BCUT2D eigenvalue weighted by molar-refractivity contribution is 7.89. The summed E-state index contributed by atoms with van der Waals surface area (Å²) in [6.07, 6.45) is 6.06. The molecule has 0 bridgehead atoms. The van der Waals surface area contributed by atoms with E-state index >= 15 is 0 Å². The van der Waals surface area contributed by atoms with Crippen molar-refractivity contribution in [2.24, 2.45) is 0 Å². The molecule has 2 saturated heterocycles. The van der Waals surface area contributed by atoms with E-state index in [1.54, 1.807) is 30.3 Å². The number of rotatable bonds is 7. The van der Waals surface area contributed by atoms with E-state index in [9.17, 15) is 13.2 Å². The maximum Gasteiger partial charge on any atom is 0.243 e. The average Bonchev–Trinajstić information content (AvgIpc) is 3.17. The van der Waals surface area contributed by atoms with Gasteiger partial charge in [0.15, 0.2) is 0 Å². The Morgan fingerprint density at radius 3 is 2.50 bits per heavy atom. The summed E-state index contributed by atoms with van der Waals surface area (Å²) < 4.78 is 27.0. The molecule has 0 aliphatic carbocycles. The van der Waals surface area contributed by atoms with Gasteiger partial charge in [-0.25, -0.2) is 8.42 Å². The highest BCUT2D eigenvalue weighted by atomic mass is 32.2. The first-order valence-electron chi connectivity index (χ1n) is 9.66. The minimum absolute atomic E-state index is 0.166. The van der Waals surface area contributed by atoms with Gasteiger partial charge in [-0.3, -0.25) is 4.79 Å². The van der Waals surface area contributed by atoms with Crippen LogP contribution in [0.1, 0.15) is 38.5 Å². The van der Waals surface area contributed by atoms with Crippen molar-refractivity contribution < 1.29 is 13.2 Å². The van der Waals surface area contributed by atoms with Crippen molar-refractivity contribution in [3.05, 3.63) is 30.3 Å². The molecule has 7 heteroatoms. The summed E-state index contributed by atoms with van der Waals surface area (Å²) in [5.41, 5.74) is 0. The minimum atomic E-state index is -3.62. The highest BCUT2D eigenvalue weighted by Crippen LogP contribution is 2.26. The molecule has 2 fully saturated rings. The molecule has 1 unspecified atom stereocenters. The van der Waals surface area contributed by atoms with Crippen LogP contribution in [0.3, 0.4) is 0 Å². The molecule has 3 rings (SSSR count). The van der Waals surface area contributed by atoms with Crippen LogP contribution in [0.2, 0.25) is 0 Å². The predicted molar refractivity (Wildman–Crippen MR) is 101 cm³/mol. The first-order valence-corrected chi connectivity index (χ1v) is 11.1. The second kappa shape index (κ2) is 8.97. The second-order valence-corrected chi connectivity index (χ2v) is 9.02. The number of hydrogen-bond acceptors (Lipinski definition) is 4. The van der Waals surface area contributed by atoms with Crippen molar-refractivity contribution in [2.45, 2.75) is 49.5 Å². The van der Waals surface area contributed by atoms with Gasteiger partial charge in [0, 0.05) is 13.1 Å². The zero-order chi connectivity index (χ0) is 18.4. The smallest absolute Gasteiger partial charge is 0.243 e. The molecular weight excluding hydrogens is 350 g/mol. The van der Waals surface area contributed by atoms with E-state index in [0.29, 0.717) is 19.5 Å². The third kappa shape index (κ3) is 4.64. The summed E-state index contributed by atoms with van der Waals surface area (Å²) in [6, 6.07) is 7.78. The number of carbonyl (C=O) groups is 1. The quantitative estimate of drug-likeness (QED) is 0.734. The molecule has 0 aromatic heterocycles. The summed E-state index contributed by atoms with van der Waals surface area (Å²) in [6.45, 7) is 4.31. The maximum absolute atomic E-state index is 12.8. The predicted octanol–water partition coefficient (Wildman–Crippen LogP) is 1.83. The maximum atomic E-state index is 12.8. The molecule has 1 N–H and O–H groups in total. The van der Waals surface area contributed by atoms with Gasteiger partial charge in [-0.15, -0.1) is 0 Å². The first kappa shape index (κ1) is 19.3. The van der Waals surface area contributed by atoms with Crippen LogP contribution in [0, 0.1) is 0 Å². The summed E-state index contributed by atoms with van der Waals surface area (Å²) in [5, 5.41) is 2.95. The van der Waals surface area contributed by atoms with E-state index in [0.717, 1.165) is 32.5 Å². The standard InChI is InChI=1S/C19H29N3O3S/c23-19(20-12-8-15-21-13-5-2-6-14-21)18-11-7-16-22(18)26(24,25)17-9-3-1-4-10-17/h1,3-4,9-10,18H,2,5-8,11-16H2,(H,20,23). The Labute approximate surface area is 156 Å². The number of piperidine rings is 1. The lowest BCUT2D eigenvalue weighted by atomic mass is 10.1. The molecule has 1 atom stereocenters. The number of nitrogens with zero attached hydrogens (tertiary/aromatic N) is 2. The number of sulfonamides is 1. The molecule has 2 aliphatic rings. The topological polar surface area (TPSA) is 69.7 Å². The molecular formula is C19H29N3O3S. The molecule has 0 saturated carbocycles. The van der Waals surface area contributed by atoms with E-state index in [-0.39, 0.29) is 10.8 Å². The zero-order valence-corrected chi connectivity index (χ0v) is 16.1. The van der Waals surface area contributed by atoms with Gasteiger partial charge in [-0.05, 0) is 63.9 Å². The summed E-state index contributed by atoms with van der Waals surface area (Å²) in [7, 11) is -3.62. The molecule has 0 radical (unpaired) electrons. The van der Waals surface area contributed by atoms with Crippen LogP contribution < -0.4 is 5.32 Å². The summed E-state index contributed by atoms with van der Waals surface area (Å²) in [4.78, 5) is 15.3. The van der Waals surface area contributed by atoms with E-state index in [1.807, 2.05) is 0 Å². The van der Waals surface area contributed by atoms with E-state index in [4.69, 9.17) is 0 Å². The van der Waals surface area contributed by atoms with Crippen LogP contribution in [-0.4, -0.2) is 62.3 Å². The fourth-order valence-corrected chi connectivity index (χ4v) is 5.51. The molecule has 6 nitrogen and oxygen atoms in total. The Bertz CT molecular complexity index is 687. The lowest BCUT2D eigenvalue weighted by molar-refractivity contribution is -0.124. The number of hydrogen-bond donors (Lipinski definition) is 1. The van der Waals surface area contributed by atoms with Gasteiger partial charge in [0.25, 0.3) is 0 Å². The zero-order valence-electron chi connectivity index (χ0n) is 15.3. The van der Waals surface area contributed by atoms with Crippen LogP contribution >= 0.6 is 0 Å². The Hall–Kier alpha value is -1.44. The Morgan fingerprint density at radius 1 is 1.04 bits per heavy atom. The fourth-order valence-electron chi connectivity index (χ4n) is 3.83. The normalized spacial score (nSPS) is 22.4. The van der Waals surface area contributed by atoms with E-state index in [1.165, 1.54) is 23.6 Å². The average molecular weight is 380 g/mol. The van der Waals surface area contributed by atoms with Gasteiger partial charge < -0.3 is 10.2 Å². The third-order valence-corrected chi connectivity index (χ3v) is 7.18. The minimum Gasteiger partial charge on any atom is -0.355 e. The molecule has 1 aromatic carbocycles. The van der Waals surface area contributed by atoms with Crippen molar-refractivity contribution >= 4 is 15.9 Å². The van der Waals surface area contributed by atoms with Crippen molar-refractivity contribution in [3.63, 3.8) is 0 Å². The highest BCUT2D eigenvalue weighted by Gasteiger charge is 2.39. The van der Waals surface area contributed by atoms with E-state index in [2.05, 4.69) is 10.2 Å². The Morgan fingerprint density at radius 2 is 1.77 bits per heavy atom. The first-order chi connectivity index (χ1) is 12.6. The van der Waals surface area contributed by atoms with Crippen molar-refractivity contribution in [3.8, 4) is 0 Å². The van der Waals surface area contributed by atoms with Crippen LogP contribution in [-0.2, 0) is 14.8 Å². The second-order valence-electron chi connectivity index (χ2n) is 7.13. The summed E-state index contributed by atoms with van der Waals surface area (Å²) >= 11 is 0. The fraction of sp³-hybridized carbons (Fsp3) is 0.632. The van der Waals surface area contributed by atoms with Crippen molar-refractivity contribution in [2.75, 3.05) is 32.7 Å². The van der Waals surface area contributed by atoms with Gasteiger partial charge in [0.1, 0.15) is 6.04 Å². The Kier molecular flexibility index (Phi) is 6.67. The lowest BCUT2D eigenvalue weighted by Gasteiger charge is -2.26. The van der Waals surface area contributed by atoms with E-state index < -0.39 is 16.1 Å². The SMILES string of the molecule is O=C(NCCCN1CCCCC1)C1CCCN1S(=O)(=O)c1ccccc1. The van der Waals surface area contributed by atoms with Gasteiger partial charge in [0.2, 0.25) is 15.9 Å². The summed E-state index contributed by atoms with van der Waals surface area (Å²) in [5.74, 6) is -0.166. The van der Waals surface area contributed by atoms with Crippen molar-refractivity contribution in [1.29, 1.82) is 0 Å². The molecule has 1 aromatic rings. The molecule has 2 aliphatic heterocycles. The number of carbonyl (C=O) groups excluding carboxylic acids is 1. The van der Waals surface area contributed by atoms with Gasteiger partial charge in [-0.1, -0.05) is 24.6 Å². The number of benzene rings is 1. The molecule has 1 amide bonds. The van der Waals surface area contributed by atoms with Crippen LogP contribution in [0.5, 0.6) is 0 Å². The van der Waals surface area contributed by atoms with Crippen LogP contribution in [0.25, 0.3) is 0 Å². The largest absolute Gasteiger partial charge is 0.355 e. The molecule has 2 heterocycles. The van der Waals surface area contributed by atoms with Crippen LogP contribution in [0.15, 0.2) is 35.2 Å². The number of nitrogens with one attached hydrogen (secondary N) is 1. The van der Waals surface area contributed by atoms with Crippen molar-refractivity contribution in [1.82, 2.24) is 14.5 Å². The number of amides is 1. The number of likely N-dealkylation sites (tertiary alicyclic amines) is 1.